The van der Waals surface area contributed by atoms with Gasteiger partial charge in [-0.05, 0) is 65.1 Å². The summed E-state index contributed by atoms with van der Waals surface area (Å²) in [4.78, 5) is 0. The molecule has 0 atom stereocenters. The van der Waals surface area contributed by atoms with E-state index in [1.807, 2.05) is 27.7 Å². The first-order valence-electron chi connectivity index (χ1n) is 14.2. The van der Waals surface area contributed by atoms with E-state index in [1.54, 1.807) is 0 Å². The van der Waals surface area contributed by atoms with Gasteiger partial charge in [-0.3, -0.25) is 0 Å². The maximum absolute atomic E-state index is 2.38. The third-order valence-electron chi connectivity index (χ3n) is 7.58. The summed E-state index contributed by atoms with van der Waals surface area (Å²) in [5, 5.41) is 5.26. The molecule has 2 aromatic heterocycles. The van der Waals surface area contributed by atoms with Crippen LogP contribution >= 0.6 is 0 Å². The van der Waals surface area contributed by atoms with Gasteiger partial charge >= 0.3 is 0 Å². The van der Waals surface area contributed by atoms with Crippen molar-refractivity contribution in [1.29, 1.82) is 0 Å². The number of para-hydroxylation sites is 2. The number of nitrogens with zero attached hydrogens (tertiary/aromatic N) is 2. The minimum atomic E-state index is 1.26. The van der Waals surface area contributed by atoms with Crippen LogP contribution in [0.5, 0.6) is 0 Å². The number of hydrogen-bond donors (Lipinski definition) is 0. The molecule has 0 aliphatic carbocycles. The SMILES string of the molecule is CC.CC.Cc1cc(-c2cccc3c2c2ccccc2n3C)cc(-c2cccc3c2c2ccccc2n3C)c1. The monoisotopic (exact) mass is 510 g/mol. The van der Waals surface area contributed by atoms with Gasteiger partial charge in [0.2, 0.25) is 0 Å². The number of fused-ring (bicyclic) bond motifs is 6. The second kappa shape index (κ2) is 10.8. The Morgan fingerprint density at radius 1 is 0.436 bits per heavy atom. The molecule has 5 aromatic carbocycles. The van der Waals surface area contributed by atoms with Gasteiger partial charge in [0.15, 0.2) is 0 Å². The van der Waals surface area contributed by atoms with E-state index in [2.05, 4.69) is 133 Å². The minimum Gasteiger partial charge on any atom is -0.344 e. The van der Waals surface area contributed by atoms with Crippen LogP contribution in [0.15, 0.2) is 103 Å². The summed E-state index contributed by atoms with van der Waals surface area (Å²) in [6.07, 6.45) is 0. The standard InChI is InChI=1S/C33H26N2.2C2H6/c1-21-18-22(24-12-8-16-30-32(24)26-10-4-6-14-28(26)34(30)2)20-23(19-21)25-13-9-17-31-33(25)27-11-5-7-15-29(27)35(31)3;2*1-2/h4-20H,1-3H3;2*1-2H3. The van der Waals surface area contributed by atoms with E-state index in [4.69, 9.17) is 0 Å². The zero-order valence-corrected chi connectivity index (χ0v) is 24.2. The van der Waals surface area contributed by atoms with Crippen molar-refractivity contribution in [3.05, 3.63) is 109 Å². The number of aromatic nitrogens is 2. The highest BCUT2D eigenvalue weighted by molar-refractivity contribution is 6.16. The van der Waals surface area contributed by atoms with Crippen LogP contribution < -0.4 is 0 Å². The predicted octanol–water partition coefficient (Wildman–Crippen LogP) is 10.7. The van der Waals surface area contributed by atoms with Crippen LogP contribution in [-0.4, -0.2) is 9.13 Å². The smallest absolute Gasteiger partial charge is 0.0495 e. The number of hydrogen-bond acceptors (Lipinski definition) is 0. The molecule has 0 radical (unpaired) electrons. The fraction of sp³-hybridized carbons (Fsp3) is 0.189. The van der Waals surface area contributed by atoms with E-state index in [-0.39, 0.29) is 0 Å². The number of benzene rings is 5. The third kappa shape index (κ3) is 4.21. The molecule has 0 aliphatic heterocycles. The van der Waals surface area contributed by atoms with Crippen LogP contribution in [-0.2, 0) is 14.1 Å². The Labute approximate surface area is 232 Å². The van der Waals surface area contributed by atoms with E-state index in [9.17, 15) is 0 Å². The molecule has 0 saturated heterocycles. The Hall–Kier alpha value is -4.30. The quantitative estimate of drug-likeness (QED) is 0.219. The fourth-order valence-electron chi connectivity index (χ4n) is 6.00. The number of rotatable bonds is 2. The molecule has 0 saturated carbocycles. The van der Waals surface area contributed by atoms with Crippen molar-refractivity contribution in [2.45, 2.75) is 34.6 Å². The van der Waals surface area contributed by atoms with E-state index in [0.29, 0.717) is 0 Å². The van der Waals surface area contributed by atoms with Crippen LogP contribution in [0.4, 0.5) is 0 Å². The Bertz CT molecular complexity index is 1790. The van der Waals surface area contributed by atoms with Gasteiger partial charge in [0.05, 0.1) is 0 Å². The van der Waals surface area contributed by atoms with Crippen molar-refractivity contribution >= 4 is 43.6 Å². The summed E-state index contributed by atoms with van der Waals surface area (Å²) in [6.45, 7) is 10.2. The van der Waals surface area contributed by atoms with Crippen LogP contribution in [0.25, 0.3) is 65.9 Å². The maximum atomic E-state index is 2.38. The average Bonchev–Trinajstić information content (AvgIpc) is 3.46. The second-order valence-electron chi connectivity index (χ2n) is 9.64. The normalized spacial score (nSPS) is 10.9. The molecule has 196 valence electrons. The lowest BCUT2D eigenvalue weighted by Crippen LogP contribution is -1.89. The van der Waals surface area contributed by atoms with Crippen molar-refractivity contribution in [2.24, 2.45) is 14.1 Å². The zero-order chi connectivity index (χ0) is 27.7. The molecule has 7 aromatic rings. The third-order valence-corrected chi connectivity index (χ3v) is 7.58. The van der Waals surface area contributed by atoms with Gasteiger partial charge in [-0.2, -0.15) is 0 Å². The highest BCUT2D eigenvalue weighted by Gasteiger charge is 2.16. The van der Waals surface area contributed by atoms with Gasteiger partial charge in [0.1, 0.15) is 0 Å². The lowest BCUT2D eigenvalue weighted by Gasteiger charge is -2.12. The summed E-state index contributed by atoms with van der Waals surface area (Å²) in [7, 11) is 4.33. The fourth-order valence-corrected chi connectivity index (χ4v) is 6.00. The molecule has 0 unspecified atom stereocenters. The first kappa shape index (κ1) is 26.3. The highest BCUT2D eigenvalue weighted by atomic mass is 14.9. The number of aryl methyl sites for hydroxylation is 3. The van der Waals surface area contributed by atoms with E-state index >= 15 is 0 Å². The van der Waals surface area contributed by atoms with Crippen LogP contribution in [0.1, 0.15) is 33.3 Å². The summed E-state index contributed by atoms with van der Waals surface area (Å²) in [5.41, 5.74) is 11.4. The molecular weight excluding hydrogens is 472 g/mol. The topological polar surface area (TPSA) is 9.86 Å². The molecule has 2 nitrogen and oxygen atoms in total. The van der Waals surface area contributed by atoms with Crippen molar-refractivity contribution in [3.63, 3.8) is 0 Å². The molecule has 0 spiro atoms. The molecule has 0 aliphatic rings. The molecular formula is C37H38N2. The van der Waals surface area contributed by atoms with Gasteiger partial charge in [-0.25, -0.2) is 0 Å². The summed E-state index contributed by atoms with van der Waals surface area (Å²) < 4.78 is 4.61. The second-order valence-corrected chi connectivity index (χ2v) is 9.64. The van der Waals surface area contributed by atoms with E-state index in [0.717, 1.165) is 0 Å². The summed E-state index contributed by atoms with van der Waals surface area (Å²) >= 11 is 0. The van der Waals surface area contributed by atoms with Crippen LogP contribution in [0, 0.1) is 6.92 Å². The summed E-state index contributed by atoms with van der Waals surface area (Å²) in [6, 6.07) is 37.8. The van der Waals surface area contributed by atoms with Gasteiger partial charge in [0.25, 0.3) is 0 Å². The summed E-state index contributed by atoms with van der Waals surface area (Å²) in [5.74, 6) is 0. The molecule has 0 bridgehead atoms. The molecule has 2 heteroatoms. The molecule has 2 heterocycles. The van der Waals surface area contributed by atoms with Crippen molar-refractivity contribution in [3.8, 4) is 22.3 Å². The first-order valence-corrected chi connectivity index (χ1v) is 14.2. The Morgan fingerprint density at radius 3 is 1.26 bits per heavy atom. The molecule has 0 N–H and O–H groups in total. The van der Waals surface area contributed by atoms with Gasteiger partial charge in [-0.1, -0.05) is 100 Å². The van der Waals surface area contributed by atoms with Crippen molar-refractivity contribution in [1.82, 2.24) is 9.13 Å². The van der Waals surface area contributed by atoms with Gasteiger partial charge in [-0.15, -0.1) is 0 Å². The van der Waals surface area contributed by atoms with E-state index < -0.39 is 0 Å². The van der Waals surface area contributed by atoms with Crippen molar-refractivity contribution in [2.75, 3.05) is 0 Å². The molecule has 0 amide bonds. The Morgan fingerprint density at radius 2 is 0.821 bits per heavy atom. The maximum Gasteiger partial charge on any atom is 0.0495 e. The lowest BCUT2D eigenvalue weighted by atomic mass is 9.92. The van der Waals surface area contributed by atoms with Gasteiger partial charge in [0, 0.05) is 57.7 Å². The van der Waals surface area contributed by atoms with Gasteiger partial charge < -0.3 is 9.13 Å². The van der Waals surface area contributed by atoms with E-state index in [1.165, 1.54) is 71.4 Å². The van der Waals surface area contributed by atoms with Crippen LogP contribution in [0.3, 0.4) is 0 Å². The molecule has 39 heavy (non-hydrogen) atoms. The molecule has 7 rings (SSSR count). The molecule has 0 fully saturated rings. The Kier molecular flexibility index (Phi) is 7.30. The minimum absolute atomic E-state index is 1.26. The first-order chi connectivity index (χ1) is 19.1. The van der Waals surface area contributed by atoms with Crippen LogP contribution in [0.2, 0.25) is 0 Å². The zero-order valence-electron chi connectivity index (χ0n) is 24.2. The lowest BCUT2D eigenvalue weighted by molar-refractivity contribution is 1.01. The average molecular weight is 511 g/mol. The predicted molar refractivity (Wildman–Crippen MR) is 173 cm³/mol. The Balaban J connectivity index is 0.000000738. The highest BCUT2D eigenvalue weighted by Crippen LogP contribution is 2.40. The van der Waals surface area contributed by atoms with Crippen molar-refractivity contribution < 1.29 is 0 Å². The largest absolute Gasteiger partial charge is 0.344 e.